The van der Waals surface area contributed by atoms with Gasteiger partial charge in [-0.1, -0.05) is 6.92 Å². The number of hydrogen-bond donors (Lipinski definition) is 3. The summed E-state index contributed by atoms with van der Waals surface area (Å²) >= 11 is 0. The van der Waals surface area contributed by atoms with E-state index in [1.54, 1.807) is 12.4 Å². The number of nitrogens with zero attached hydrogens (tertiary/aromatic N) is 2. The predicted octanol–water partition coefficient (Wildman–Crippen LogP) is 4.63. The van der Waals surface area contributed by atoms with Gasteiger partial charge in [0.25, 0.3) is 5.91 Å². The van der Waals surface area contributed by atoms with Gasteiger partial charge in [-0.15, -0.1) is 0 Å². The molecule has 0 spiro atoms. The number of aromatic nitrogens is 2. The molecule has 8 heteroatoms. The molecule has 0 saturated heterocycles. The molecule has 4 rings (SSSR count). The molecule has 2 heterocycles. The summed E-state index contributed by atoms with van der Waals surface area (Å²) in [6.07, 6.45) is 7.67. The van der Waals surface area contributed by atoms with Crippen molar-refractivity contribution in [2.75, 3.05) is 23.9 Å². The zero-order chi connectivity index (χ0) is 22.7. The lowest BCUT2D eigenvalue weighted by Gasteiger charge is -2.32. The number of rotatable bonds is 6. The molecule has 1 aromatic carbocycles. The third kappa shape index (κ3) is 4.70. The summed E-state index contributed by atoms with van der Waals surface area (Å²) < 4.78 is 26.9. The number of carbonyl (C=O) groups excluding carboxylic acids is 1. The highest BCUT2D eigenvalue weighted by Gasteiger charge is 2.27. The van der Waals surface area contributed by atoms with Gasteiger partial charge < -0.3 is 16.4 Å². The number of alkyl halides is 1. The maximum atomic E-state index is 14.4. The molecule has 1 amide bonds. The van der Waals surface area contributed by atoms with Crippen LogP contribution in [0.4, 0.5) is 20.2 Å². The fourth-order valence-electron chi connectivity index (χ4n) is 4.62. The summed E-state index contributed by atoms with van der Waals surface area (Å²) in [7, 11) is 0. The number of fused-ring (bicyclic) bond motifs is 1. The van der Waals surface area contributed by atoms with E-state index < -0.39 is 18.4 Å². The van der Waals surface area contributed by atoms with Crippen molar-refractivity contribution in [3.05, 3.63) is 59.8 Å². The predicted molar refractivity (Wildman–Crippen MR) is 122 cm³/mol. The molecule has 32 heavy (non-hydrogen) atoms. The maximum absolute atomic E-state index is 14.4. The van der Waals surface area contributed by atoms with Crippen molar-refractivity contribution in [1.82, 2.24) is 9.97 Å². The smallest absolute Gasteiger partial charge is 0.257 e. The van der Waals surface area contributed by atoms with Gasteiger partial charge in [-0.3, -0.25) is 14.8 Å². The molecule has 3 atom stereocenters. The van der Waals surface area contributed by atoms with Crippen molar-refractivity contribution < 1.29 is 13.6 Å². The number of benzene rings is 1. The fraction of sp³-hybridized carbons (Fsp3) is 0.375. The number of anilines is 2. The molecule has 0 radical (unpaired) electrons. The van der Waals surface area contributed by atoms with Gasteiger partial charge in [0.05, 0.1) is 34.8 Å². The number of amides is 1. The van der Waals surface area contributed by atoms with Crippen LogP contribution in [-0.2, 0) is 0 Å². The fourth-order valence-corrected chi connectivity index (χ4v) is 4.62. The number of nitrogens with two attached hydrogens (primary N) is 1. The number of pyridine rings is 2. The highest BCUT2D eigenvalue weighted by molar-refractivity contribution is 6.12. The van der Waals surface area contributed by atoms with E-state index in [2.05, 4.69) is 27.5 Å². The molecule has 0 bridgehead atoms. The minimum Gasteiger partial charge on any atom is -0.381 e. The van der Waals surface area contributed by atoms with Crippen molar-refractivity contribution in [2.24, 2.45) is 11.7 Å². The molecule has 1 saturated carbocycles. The molecule has 1 aliphatic rings. The lowest BCUT2D eigenvalue weighted by molar-refractivity contribution is 0.102. The monoisotopic (exact) mass is 439 g/mol. The van der Waals surface area contributed by atoms with Crippen LogP contribution < -0.4 is 16.4 Å². The van der Waals surface area contributed by atoms with E-state index in [4.69, 9.17) is 5.73 Å². The normalized spacial score (nSPS) is 20.8. The molecule has 2 aromatic heterocycles. The average molecular weight is 440 g/mol. The van der Waals surface area contributed by atoms with Crippen LogP contribution in [0.2, 0.25) is 0 Å². The summed E-state index contributed by atoms with van der Waals surface area (Å²) in [6.45, 7) is 1.74. The Bertz CT molecular complexity index is 1110. The Hall–Kier alpha value is -3.13. The van der Waals surface area contributed by atoms with Crippen LogP contribution in [0.5, 0.6) is 0 Å². The summed E-state index contributed by atoms with van der Waals surface area (Å²) in [5.41, 5.74) is 8.86. The Morgan fingerprint density at radius 3 is 2.84 bits per heavy atom. The van der Waals surface area contributed by atoms with E-state index in [9.17, 15) is 13.6 Å². The van der Waals surface area contributed by atoms with Crippen LogP contribution in [0.1, 0.15) is 48.0 Å². The second-order valence-corrected chi connectivity index (χ2v) is 8.52. The van der Waals surface area contributed by atoms with E-state index >= 15 is 0 Å². The molecule has 168 valence electrons. The number of carbonyl (C=O) groups is 1. The molecule has 1 unspecified atom stereocenters. The third-order valence-corrected chi connectivity index (χ3v) is 5.99. The summed E-state index contributed by atoms with van der Waals surface area (Å²) in [6, 6.07) is 6.25. The van der Waals surface area contributed by atoms with Gasteiger partial charge in [0, 0.05) is 24.2 Å². The van der Waals surface area contributed by atoms with E-state index in [-0.39, 0.29) is 35.0 Å². The van der Waals surface area contributed by atoms with E-state index in [1.807, 2.05) is 6.07 Å². The second kappa shape index (κ2) is 9.56. The first-order valence-electron chi connectivity index (χ1n) is 10.8. The molecular formula is C24H27F2N5O. The van der Waals surface area contributed by atoms with Crippen LogP contribution in [0.15, 0.2) is 42.9 Å². The summed E-state index contributed by atoms with van der Waals surface area (Å²) in [5.74, 6) is -0.153. The van der Waals surface area contributed by atoms with Crippen molar-refractivity contribution in [1.29, 1.82) is 0 Å². The third-order valence-electron chi connectivity index (χ3n) is 5.99. The molecule has 6 nitrogen and oxygen atoms in total. The molecule has 1 aliphatic carbocycles. The average Bonchev–Trinajstić information content (AvgIpc) is 2.77. The largest absolute Gasteiger partial charge is 0.381 e. The van der Waals surface area contributed by atoms with Gasteiger partial charge in [-0.25, -0.2) is 8.78 Å². The number of nitrogens with one attached hydrogen (secondary N) is 2. The summed E-state index contributed by atoms with van der Waals surface area (Å²) in [5, 5.41) is 5.97. The standard InChI is InChI=1S/C24H27F2N5O/c1-14-8-15(10-16(27)9-14)18-4-6-28-13-22(18)31-24(32)19-2-3-21(26)20-11-17(29-7-5-25)12-30-23(19)20/h2-4,6,11-16,29H,5,7-10,27H2,1H3,(H,31,32)/t14-,15+,16?/m0/s1. The van der Waals surface area contributed by atoms with Crippen LogP contribution in [0.25, 0.3) is 10.9 Å². The molecule has 1 fully saturated rings. The zero-order valence-electron chi connectivity index (χ0n) is 17.9. The van der Waals surface area contributed by atoms with Gasteiger partial charge in [-0.05, 0) is 60.9 Å². The zero-order valence-corrected chi connectivity index (χ0v) is 17.9. The molecule has 4 N–H and O–H groups in total. The number of halogens is 2. The minimum atomic E-state index is -0.554. The topological polar surface area (TPSA) is 92.9 Å². The first-order chi connectivity index (χ1) is 15.5. The van der Waals surface area contributed by atoms with Crippen molar-refractivity contribution >= 4 is 28.2 Å². The van der Waals surface area contributed by atoms with Crippen molar-refractivity contribution in [3.8, 4) is 0 Å². The van der Waals surface area contributed by atoms with Crippen LogP contribution in [0, 0.1) is 11.7 Å². The first-order valence-corrected chi connectivity index (χ1v) is 10.8. The lowest BCUT2D eigenvalue weighted by atomic mass is 9.76. The molecule has 3 aromatic rings. The van der Waals surface area contributed by atoms with E-state index in [0.29, 0.717) is 17.3 Å². The summed E-state index contributed by atoms with van der Waals surface area (Å²) in [4.78, 5) is 21.6. The Morgan fingerprint density at radius 1 is 1.22 bits per heavy atom. The Kier molecular flexibility index (Phi) is 6.60. The van der Waals surface area contributed by atoms with Gasteiger partial charge in [0.1, 0.15) is 12.5 Å². The molecular weight excluding hydrogens is 412 g/mol. The van der Waals surface area contributed by atoms with Crippen molar-refractivity contribution in [3.63, 3.8) is 0 Å². The van der Waals surface area contributed by atoms with Gasteiger partial charge >= 0.3 is 0 Å². The van der Waals surface area contributed by atoms with Crippen LogP contribution in [-0.4, -0.2) is 35.1 Å². The van der Waals surface area contributed by atoms with Gasteiger partial charge in [-0.2, -0.15) is 0 Å². The second-order valence-electron chi connectivity index (χ2n) is 8.52. The highest BCUT2D eigenvalue weighted by Crippen LogP contribution is 2.38. The number of hydrogen-bond acceptors (Lipinski definition) is 5. The first kappa shape index (κ1) is 22.1. The Balaban J connectivity index is 1.63. The Morgan fingerprint density at radius 2 is 2.06 bits per heavy atom. The van der Waals surface area contributed by atoms with Gasteiger partial charge in [0.2, 0.25) is 0 Å². The Labute approximate surface area is 185 Å². The lowest BCUT2D eigenvalue weighted by Crippen LogP contribution is -2.31. The van der Waals surface area contributed by atoms with Crippen LogP contribution >= 0.6 is 0 Å². The quantitative estimate of drug-likeness (QED) is 0.521. The van der Waals surface area contributed by atoms with E-state index in [1.165, 1.54) is 24.4 Å². The van der Waals surface area contributed by atoms with Gasteiger partial charge in [0.15, 0.2) is 0 Å². The van der Waals surface area contributed by atoms with Crippen LogP contribution in [0.3, 0.4) is 0 Å². The highest BCUT2D eigenvalue weighted by atomic mass is 19.1. The molecule has 0 aliphatic heterocycles. The van der Waals surface area contributed by atoms with Crippen molar-refractivity contribution in [2.45, 2.75) is 38.1 Å². The minimum absolute atomic E-state index is 0.0994. The SMILES string of the molecule is C[C@@H]1CC(N)C[C@H](c2ccncc2NC(=O)c2ccc(F)c3cc(NCCF)cnc23)C1. The van der Waals surface area contributed by atoms with E-state index in [0.717, 1.165) is 24.8 Å². The maximum Gasteiger partial charge on any atom is 0.257 e.